The first-order valence-corrected chi connectivity index (χ1v) is 14.0. The number of nitrogens with zero attached hydrogens (tertiary/aromatic N) is 4. The summed E-state index contributed by atoms with van der Waals surface area (Å²) >= 11 is 5.79. The number of rotatable bonds is 9. The Bertz CT molecular complexity index is 1360. The normalized spacial score (nSPS) is 12.9. The van der Waals surface area contributed by atoms with Gasteiger partial charge >= 0.3 is 6.03 Å². The lowest BCUT2D eigenvalue weighted by Gasteiger charge is -2.38. The summed E-state index contributed by atoms with van der Waals surface area (Å²) in [6.07, 6.45) is 2.15. The highest BCUT2D eigenvalue weighted by molar-refractivity contribution is 6.31. The van der Waals surface area contributed by atoms with E-state index in [-0.39, 0.29) is 30.3 Å². The number of hydrogen-bond donors (Lipinski definition) is 1. The summed E-state index contributed by atoms with van der Waals surface area (Å²) in [6.45, 7) is 16.2. The van der Waals surface area contributed by atoms with Gasteiger partial charge < -0.3 is 10.2 Å². The van der Waals surface area contributed by atoms with Crippen LogP contribution in [0, 0.1) is 17.2 Å². The Morgan fingerprint density at radius 2 is 1.80 bits per heavy atom. The van der Waals surface area contributed by atoms with Crippen LogP contribution in [0.1, 0.15) is 57.2 Å². The highest BCUT2D eigenvalue weighted by Gasteiger charge is 2.34. The van der Waals surface area contributed by atoms with Gasteiger partial charge in [0.05, 0.1) is 16.3 Å². The van der Waals surface area contributed by atoms with Crippen LogP contribution in [0.4, 0.5) is 16.2 Å². The van der Waals surface area contributed by atoms with E-state index in [0.717, 1.165) is 35.2 Å². The van der Waals surface area contributed by atoms with E-state index >= 15 is 0 Å². The predicted molar refractivity (Wildman–Crippen MR) is 167 cm³/mol. The van der Waals surface area contributed by atoms with Crippen LogP contribution in [0.5, 0.6) is 0 Å². The molecule has 0 spiro atoms. The van der Waals surface area contributed by atoms with Crippen molar-refractivity contribution in [2.24, 2.45) is 5.92 Å². The highest BCUT2D eigenvalue weighted by Crippen LogP contribution is 2.37. The van der Waals surface area contributed by atoms with Gasteiger partial charge in [0.15, 0.2) is 0 Å². The topological polar surface area (TPSA) is 96.8 Å². The Morgan fingerprint density at radius 1 is 1.12 bits per heavy atom. The van der Waals surface area contributed by atoms with Crippen LogP contribution in [-0.4, -0.2) is 54.8 Å². The molecule has 0 saturated carbocycles. The number of benzene rings is 2. The van der Waals surface area contributed by atoms with Crippen LogP contribution < -0.4 is 10.2 Å². The molecule has 9 heteroatoms. The van der Waals surface area contributed by atoms with Crippen molar-refractivity contribution >= 4 is 46.5 Å². The Hall–Kier alpha value is -4.09. The molecule has 41 heavy (non-hydrogen) atoms. The zero-order valence-corrected chi connectivity index (χ0v) is 25.6. The van der Waals surface area contributed by atoms with Gasteiger partial charge in [-0.05, 0) is 68.5 Å². The van der Waals surface area contributed by atoms with Crippen molar-refractivity contribution in [3.8, 4) is 6.07 Å². The van der Waals surface area contributed by atoms with Gasteiger partial charge in [-0.25, -0.2) is 4.79 Å². The van der Waals surface area contributed by atoms with Crippen LogP contribution in [0.25, 0.3) is 5.70 Å². The first-order chi connectivity index (χ1) is 19.3. The van der Waals surface area contributed by atoms with E-state index in [0.29, 0.717) is 34.9 Å². The molecular weight excluding hydrogens is 538 g/mol. The smallest absolute Gasteiger partial charge is 0.329 e. The monoisotopic (exact) mass is 577 g/mol. The summed E-state index contributed by atoms with van der Waals surface area (Å²) in [6, 6.07) is 12.6. The number of aryl methyl sites for hydroxylation is 1. The minimum Gasteiger partial charge on any atom is -0.347 e. The molecule has 0 aliphatic carbocycles. The highest BCUT2D eigenvalue weighted by atomic mass is 35.5. The maximum absolute atomic E-state index is 12.9. The van der Waals surface area contributed by atoms with Gasteiger partial charge in [0.1, 0.15) is 12.6 Å². The largest absolute Gasteiger partial charge is 0.347 e. The molecule has 3 rings (SSSR count). The molecule has 1 heterocycles. The van der Waals surface area contributed by atoms with Gasteiger partial charge in [0, 0.05) is 44.0 Å². The molecule has 1 N–H and O–H groups in total. The Morgan fingerprint density at radius 3 is 2.34 bits per heavy atom. The molecular formula is C32H40ClN5O3. The first-order valence-electron chi connectivity index (χ1n) is 13.6. The van der Waals surface area contributed by atoms with Gasteiger partial charge in [0.25, 0.3) is 0 Å². The minimum absolute atomic E-state index is 0.0758. The summed E-state index contributed by atoms with van der Waals surface area (Å²) in [7, 11) is 3.29. The molecule has 2 aromatic carbocycles. The summed E-state index contributed by atoms with van der Waals surface area (Å²) in [5.41, 5.74) is 5.27. The van der Waals surface area contributed by atoms with E-state index in [4.69, 9.17) is 16.9 Å². The Labute approximate surface area is 248 Å². The van der Waals surface area contributed by atoms with Crippen molar-refractivity contribution in [1.29, 1.82) is 5.26 Å². The molecule has 4 amide bonds. The number of fused-ring (bicyclic) bond motifs is 1. The van der Waals surface area contributed by atoms with Crippen LogP contribution >= 0.6 is 11.6 Å². The SMILES string of the molecule is C=C(C)CC(C)CC(=O)Nc1ccc2c(c1)C(=C)N(CC(=O)N(C)C)C(=O)N2CC.CCc1ccc(C#N)c(Cl)c1. The second kappa shape index (κ2) is 15.1. The van der Waals surface area contributed by atoms with Gasteiger partial charge in [0.2, 0.25) is 11.8 Å². The van der Waals surface area contributed by atoms with E-state index in [1.807, 2.05) is 39.0 Å². The molecule has 218 valence electrons. The van der Waals surface area contributed by atoms with Crippen molar-refractivity contribution in [2.75, 3.05) is 37.4 Å². The van der Waals surface area contributed by atoms with Gasteiger partial charge in [-0.1, -0.05) is 43.7 Å². The lowest BCUT2D eigenvalue weighted by Crippen LogP contribution is -2.49. The molecule has 0 fully saturated rings. The fourth-order valence-electron chi connectivity index (χ4n) is 4.40. The number of carbonyl (C=O) groups is 3. The Kier molecular flexibility index (Phi) is 12.2. The molecule has 2 aromatic rings. The number of nitriles is 1. The maximum atomic E-state index is 12.9. The average Bonchev–Trinajstić information content (AvgIpc) is 2.91. The molecule has 0 bridgehead atoms. The van der Waals surface area contributed by atoms with Crippen molar-refractivity contribution < 1.29 is 14.4 Å². The molecule has 1 unspecified atom stereocenters. The first kappa shape index (κ1) is 33.1. The van der Waals surface area contributed by atoms with E-state index in [1.165, 1.54) is 9.80 Å². The molecule has 1 aliphatic heterocycles. The molecule has 8 nitrogen and oxygen atoms in total. The van der Waals surface area contributed by atoms with Crippen molar-refractivity contribution in [3.05, 3.63) is 76.8 Å². The number of halogens is 1. The lowest BCUT2D eigenvalue weighted by molar-refractivity contribution is -0.128. The van der Waals surface area contributed by atoms with Crippen LogP contribution in [0.3, 0.4) is 0 Å². The number of amides is 4. The molecule has 0 aromatic heterocycles. The fraction of sp³-hybridized carbons (Fsp3) is 0.375. The second-order valence-corrected chi connectivity index (χ2v) is 10.8. The summed E-state index contributed by atoms with van der Waals surface area (Å²) in [5.74, 6) is -0.0658. The quantitative estimate of drug-likeness (QED) is 0.335. The second-order valence-electron chi connectivity index (χ2n) is 10.4. The fourth-order valence-corrected chi connectivity index (χ4v) is 4.65. The van der Waals surface area contributed by atoms with Crippen molar-refractivity contribution in [2.45, 2.75) is 47.0 Å². The number of nitrogens with one attached hydrogen (secondary N) is 1. The van der Waals surface area contributed by atoms with Gasteiger partial charge in [-0.2, -0.15) is 5.26 Å². The van der Waals surface area contributed by atoms with Crippen molar-refractivity contribution in [1.82, 2.24) is 9.80 Å². The number of likely N-dealkylation sites (N-methyl/N-ethyl adjacent to an activating group) is 1. The van der Waals surface area contributed by atoms with E-state index < -0.39 is 0 Å². The third-order valence-corrected chi connectivity index (χ3v) is 6.88. The van der Waals surface area contributed by atoms with E-state index in [9.17, 15) is 14.4 Å². The molecule has 0 radical (unpaired) electrons. The average molecular weight is 578 g/mol. The number of hydrogen-bond acceptors (Lipinski definition) is 4. The number of carbonyl (C=O) groups excluding carboxylic acids is 3. The lowest BCUT2D eigenvalue weighted by atomic mass is 9.99. The summed E-state index contributed by atoms with van der Waals surface area (Å²) < 4.78 is 0. The number of anilines is 2. The minimum atomic E-state index is -0.282. The summed E-state index contributed by atoms with van der Waals surface area (Å²) in [5, 5.41) is 12.0. The van der Waals surface area contributed by atoms with Crippen LogP contribution in [-0.2, 0) is 16.0 Å². The van der Waals surface area contributed by atoms with Crippen LogP contribution in [0.15, 0.2) is 55.1 Å². The standard InChI is InChI=1S/C23H32N4O3.C9H8ClN/c1-8-26-20-10-9-18(24-21(28)12-16(4)11-15(2)3)13-19(20)17(5)27(23(26)30)14-22(29)25(6)7;1-2-7-3-4-8(6-11)9(10)5-7/h9-10,13,16H,2,5,8,11-12,14H2,1,3-4,6-7H3,(H,24,28);3-5H,2H2,1H3. The predicted octanol–water partition coefficient (Wildman–Crippen LogP) is 6.71. The third-order valence-electron chi connectivity index (χ3n) is 6.57. The molecule has 0 saturated heterocycles. The maximum Gasteiger partial charge on any atom is 0.329 e. The van der Waals surface area contributed by atoms with Gasteiger partial charge in [-0.3, -0.25) is 19.4 Å². The van der Waals surface area contributed by atoms with Gasteiger partial charge in [-0.15, -0.1) is 6.58 Å². The summed E-state index contributed by atoms with van der Waals surface area (Å²) in [4.78, 5) is 42.0. The van der Waals surface area contributed by atoms with Crippen molar-refractivity contribution in [3.63, 3.8) is 0 Å². The molecule has 1 aliphatic rings. The van der Waals surface area contributed by atoms with E-state index in [1.54, 1.807) is 43.3 Å². The number of allylic oxidation sites excluding steroid dienone is 1. The zero-order chi connectivity index (χ0) is 30.9. The third kappa shape index (κ3) is 8.95. The van der Waals surface area contributed by atoms with E-state index in [2.05, 4.69) is 25.4 Å². The number of urea groups is 1. The molecule has 1 atom stereocenters. The zero-order valence-electron chi connectivity index (χ0n) is 24.9. The Balaban J connectivity index is 0.000000446. The van der Waals surface area contributed by atoms with Crippen LogP contribution in [0.2, 0.25) is 5.02 Å².